The number of rotatable bonds is 7. The first-order valence-electron chi connectivity index (χ1n) is 5.75. The summed E-state index contributed by atoms with van der Waals surface area (Å²) in [6.45, 7) is 0. The maximum Gasteiger partial charge on any atom is 0.326 e. The van der Waals surface area contributed by atoms with E-state index in [2.05, 4.69) is 15.6 Å². The molecule has 0 bridgehead atoms. The second kappa shape index (κ2) is 7.63. The van der Waals surface area contributed by atoms with Gasteiger partial charge in [-0.3, -0.25) is 4.79 Å². The van der Waals surface area contributed by atoms with Crippen molar-refractivity contribution in [2.45, 2.75) is 12.5 Å². The first-order valence-corrected chi connectivity index (χ1v) is 7.15. The van der Waals surface area contributed by atoms with Gasteiger partial charge >= 0.3 is 5.97 Å². The van der Waals surface area contributed by atoms with E-state index >= 15 is 0 Å². The molecule has 0 aliphatic rings. The summed E-state index contributed by atoms with van der Waals surface area (Å²) in [6, 6.07) is 2.35. The lowest BCUT2D eigenvalue weighted by Gasteiger charge is -2.15. The second-order valence-electron chi connectivity index (χ2n) is 3.80. The number of anilines is 1. The summed E-state index contributed by atoms with van der Waals surface area (Å²) in [7, 11) is 1.65. The molecule has 0 fully saturated rings. The molecule has 1 aromatic heterocycles. The lowest BCUT2D eigenvalue weighted by molar-refractivity contribution is -0.139. The highest BCUT2D eigenvalue weighted by molar-refractivity contribution is 7.98. The number of nitrogens with zero attached hydrogens (tertiary/aromatic N) is 1. The average Bonchev–Trinajstić information content (AvgIpc) is 2.42. The van der Waals surface area contributed by atoms with E-state index in [1.807, 2.05) is 6.26 Å². The van der Waals surface area contributed by atoms with E-state index in [9.17, 15) is 9.59 Å². The summed E-state index contributed by atoms with van der Waals surface area (Å²) in [6.07, 6.45) is 3.84. The fourth-order valence-corrected chi connectivity index (χ4v) is 1.99. The van der Waals surface area contributed by atoms with Crippen LogP contribution in [-0.2, 0) is 4.79 Å². The van der Waals surface area contributed by atoms with Gasteiger partial charge in [0.2, 0.25) is 0 Å². The molecule has 0 spiro atoms. The van der Waals surface area contributed by atoms with Crippen LogP contribution in [0.4, 0.5) is 5.82 Å². The van der Waals surface area contributed by atoms with Crippen LogP contribution in [-0.4, -0.2) is 47.1 Å². The van der Waals surface area contributed by atoms with Crippen molar-refractivity contribution in [3.63, 3.8) is 0 Å². The fourth-order valence-electron chi connectivity index (χ4n) is 1.52. The van der Waals surface area contributed by atoms with Gasteiger partial charge in [0.1, 0.15) is 11.9 Å². The first kappa shape index (κ1) is 15.3. The quantitative estimate of drug-likeness (QED) is 0.693. The summed E-state index contributed by atoms with van der Waals surface area (Å²) in [4.78, 5) is 27.1. The minimum Gasteiger partial charge on any atom is -0.480 e. The molecule has 0 aromatic carbocycles. The Balaban J connectivity index is 2.78. The highest BCUT2D eigenvalue weighted by Gasteiger charge is 2.21. The number of amides is 1. The number of nitrogens with one attached hydrogen (secondary N) is 2. The van der Waals surface area contributed by atoms with Crippen LogP contribution in [0.5, 0.6) is 0 Å². The van der Waals surface area contributed by atoms with Gasteiger partial charge < -0.3 is 15.7 Å². The van der Waals surface area contributed by atoms with Crippen LogP contribution < -0.4 is 10.6 Å². The molecule has 0 aliphatic heterocycles. The monoisotopic (exact) mass is 283 g/mol. The zero-order chi connectivity index (χ0) is 14.3. The third-order valence-corrected chi connectivity index (χ3v) is 3.15. The minimum atomic E-state index is -1.03. The maximum atomic E-state index is 12.0. The predicted molar refractivity (Wildman–Crippen MR) is 75.7 cm³/mol. The van der Waals surface area contributed by atoms with Crippen LogP contribution in [0.3, 0.4) is 0 Å². The normalized spacial score (nSPS) is 11.7. The Morgan fingerprint density at radius 3 is 2.84 bits per heavy atom. The second-order valence-corrected chi connectivity index (χ2v) is 4.78. The van der Waals surface area contributed by atoms with Gasteiger partial charge in [-0.25, -0.2) is 9.78 Å². The number of carbonyl (C=O) groups is 2. The van der Waals surface area contributed by atoms with Gasteiger partial charge in [0.05, 0.1) is 5.56 Å². The Morgan fingerprint density at radius 1 is 1.53 bits per heavy atom. The molecular formula is C12H17N3O3S. The van der Waals surface area contributed by atoms with Crippen molar-refractivity contribution in [3.05, 3.63) is 23.9 Å². The molecule has 1 rings (SSSR count). The highest BCUT2D eigenvalue weighted by Crippen LogP contribution is 2.11. The van der Waals surface area contributed by atoms with Crippen molar-refractivity contribution >= 4 is 29.5 Å². The smallest absolute Gasteiger partial charge is 0.326 e. The molecule has 1 heterocycles. The molecule has 3 N–H and O–H groups in total. The number of hydrogen-bond acceptors (Lipinski definition) is 5. The highest BCUT2D eigenvalue weighted by atomic mass is 32.2. The lowest BCUT2D eigenvalue weighted by Crippen LogP contribution is -2.41. The minimum absolute atomic E-state index is 0.334. The largest absolute Gasteiger partial charge is 0.480 e. The molecule has 0 aliphatic carbocycles. The van der Waals surface area contributed by atoms with Gasteiger partial charge in [-0.15, -0.1) is 0 Å². The summed E-state index contributed by atoms with van der Waals surface area (Å²) in [5, 5.41) is 14.4. The summed E-state index contributed by atoms with van der Waals surface area (Å²) < 4.78 is 0. The van der Waals surface area contributed by atoms with Gasteiger partial charge in [-0.2, -0.15) is 11.8 Å². The van der Waals surface area contributed by atoms with Crippen molar-refractivity contribution < 1.29 is 14.7 Å². The van der Waals surface area contributed by atoms with Crippen LogP contribution in [0.15, 0.2) is 18.3 Å². The SMILES string of the molecule is CNc1ncccc1C(=O)NC(CCSC)C(=O)O. The van der Waals surface area contributed by atoms with Crippen molar-refractivity contribution in [2.75, 3.05) is 24.4 Å². The molecular weight excluding hydrogens is 266 g/mol. The molecule has 1 aromatic rings. The van der Waals surface area contributed by atoms with Gasteiger partial charge in [0.25, 0.3) is 5.91 Å². The van der Waals surface area contributed by atoms with E-state index in [0.717, 1.165) is 0 Å². The van der Waals surface area contributed by atoms with Crippen LogP contribution in [0.1, 0.15) is 16.8 Å². The zero-order valence-electron chi connectivity index (χ0n) is 10.8. The van der Waals surface area contributed by atoms with E-state index in [4.69, 9.17) is 5.11 Å². The molecule has 0 radical (unpaired) electrons. The van der Waals surface area contributed by atoms with Gasteiger partial charge in [0.15, 0.2) is 0 Å². The van der Waals surface area contributed by atoms with Crippen molar-refractivity contribution in [1.82, 2.24) is 10.3 Å². The molecule has 1 unspecified atom stereocenters. The van der Waals surface area contributed by atoms with E-state index in [1.54, 1.807) is 25.4 Å². The predicted octanol–water partition coefficient (Wildman–Crippen LogP) is 1.06. The molecule has 0 saturated heterocycles. The van der Waals surface area contributed by atoms with Crippen LogP contribution in [0.25, 0.3) is 0 Å². The number of carboxylic acid groups (broad SMARTS) is 1. The Hall–Kier alpha value is -1.76. The van der Waals surface area contributed by atoms with Crippen molar-refractivity contribution in [3.8, 4) is 0 Å². The Labute approximate surface area is 116 Å². The van der Waals surface area contributed by atoms with Gasteiger partial charge in [-0.1, -0.05) is 0 Å². The number of carbonyl (C=O) groups excluding carboxylic acids is 1. The van der Waals surface area contributed by atoms with Crippen molar-refractivity contribution in [1.29, 1.82) is 0 Å². The molecule has 6 nitrogen and oxygen atoms in total. The van der Waals surface area contributed by atoms with E-state index in [-0.39, 0.29) is 0 Å². The molecule has 0 saturated carbocycles. The number of pyridine rings is 1. The molecule has 1 amide bonds. The van der Waals surface area contributed by atoms with Gasteiger partial charge in [0, 0.05) is 13.2 Å². The van der Waals surface area contributed by atoms with Crippen LogP contribution in [0.2, 0.25) is 0 Å². The Bertz CT molecular complexity index is 454. The van der Waals surface area contributed by atoms with Crippen LogP contribution in [0, 0.1) is 0 Å². The van der Waals surface area contributed by atoms with Gasteiger partial charge in [-0.05, 0) is 30.6 Å². The molecule has 1 atom stereocenters. The Morgan fingerprint density at radius 2 is 2.26 bits per heavy atom. The number of hydrogen-bond donors (Lipinski definition) is 3. The topological polar surface area (TPSA) is 91.3 Å². The fraction of sp³-hybridized carbons (Fsp3) is 0.417. The summed E-state index contributed by atoms with van der Waals surface area (Å²) in [5.74, 6) is -0.374. The maximum absolute atomic E-state index is 12.0. The number of carboxylic acids is 1. The molecule has 19 heavy (non-hydrogen) atoms. The number of aromatic nitrogens is 1. The summed E-state index contributed by atoms with van der Waals surface area (Å²) in [5.41, 5.74) is 0.334. The van der Waals surface area contributed by atoms with E-state index in [0.29, 0.717) is 23.6 Å². The first-order chi connectivity index (χ1) is 9.10. The standard InChI is InChI=1S/C12H17N3O3S/c1-13-10-8(4-3-6-14-10)11(16)15-9(12(17)18)5-7-19-2/h3-4,6,9H,5,7H2,1-2H3,(H,13,14)(H,15,16)(H,17,18). The number of aliphatic carboxylic acids is 1. The average molecular weight is 283 g/mol. The summed E-state index contributed by atoms with van der Waals surface area (Å²) >= 11 is 1.54. The molecule has 104 valence electrons. The number of thioether (sulfide) groups is 1. The zero-order valence-corrected chi connectivity index (χ0v) is 11.7. The third-order valence-electron chi connectivity index (χ3n) is 2.50. The van der Waals surface area contributed by atoms with Crippen molar-refractivity contribution in [2.24, 2.45) is 0 Å². The van der Waals surface area contributed by atoms with Crippen LogP contribution >= 0.6 is 11.8 Å². The molecule has 7 heteroatoms. The lowest BCUT2D eigenvalue weighted by atomic mass is 10.2. The Kier molecular flexibility index (Phi) is 6.14. The third kappa shape index (κ3) is 4.44. The van der Waals surface area contributed by atoms with E-state index < -0.39 is 17.9 Å². The van der Waals surface area contributed by atoms with E-state index in [1.165, 1.54) is 11.8 Å².